The van der Waals surface area contributed by atoms with E-state index in [4.69, 9.17) is 11.0 Å². The Morgan fingerprint density at radius 1 is 1.47 bits per heavy atom. The molecule has 0 saturated heterocycles. The van der Waals surface area contributed by atoms with Crippen molar-refractivity contribution in [3.63, 3.8) is 0 Å². The van der Waals surface area contributed by atoms with Gasteiger partial charge in [-0.15, -0.1) is 11.3 Å². The number of nitrogens with zero attached hydrogens (tertiary/aromatic N) is 2. The zero-order valence-electron chi connectivity index (χ0n) is 8.19. The highest BCUT2D eigenvalue weighted by Crippen LogP contribution is 2.28. The minimum Gasteiger partial charge on any atom is -0.397 e. The quantitative estimate of drug-likeness (QED) is 0.743. The van der Waals surface area contributed by atoms with E-state index < -0.39 is 0 Å². The third-order valence-corrected chi connectivity index (χ3v) is 2.90. The maximum Gasteiger partial charge on any atom is 0.101 e. The third-order valence-electron chi connectivity index (χ3n) is 2.12. The van der Waals surface area contributed by atoms with Crippen LogP contribution in [-0.2, 0) is 0 Å². The van der Waals surface area contributed by atoms with Gasteiger partial charge >= 0.3 is 0 Å². The van der Waals surface area contributed by atoms with Gasteiger partial charge in [-0.25, -0.2) is 4.98 Å². The van der Waals surface area contributed by atoms with Crippen LogP contribution in [0.5, 0.6) is 0 Å². The van der Waals surface area contributed by atoms with Gasteiger partial charge in [0, 0.05) is 10.9 Å². The number of anilines is 1. The summed E-state index contributed by atoms with van der Waals surface area (Å²) < 4.78 is 0. The Bertz CT molecular complexity index is 537. The molecule has 0 spiro atoms. The summed E-state index contributed by atoms with van der Waals surface area (Å²) in [6, 6.07) is 7.47. The first-order valence-corrected chi connectivity index (χ1v) is 5.31. The lowest BCUT2D eigenvalue weighted by Crippen LogP contribution is -1.94. The Morgan fingerprint density at radius 3 is 2.87 bits per heavy atom. The van der Waals surface area contributed by atoms with E-state index in [0.29, 0.717) is 11.3 Å². The van der Waals surface area contributed by atoms with Crippen LogP contribution in [0.4, 0.5) is 5.69 Å². The Kier molecular flexibility index (Phi) is 2.40. The summed E-state index contributed by atoms with van der Waals surface area (Å²) in [6.07, 6.45) is 0. The molecular weight excluding hydrogens is 206 g/mol. The van der Waals surface area contributed by atoms with Crippen LogP contribution in [0.1, 0.15) is 10.6 Å². The number of nitrogen functional groups attached to an aromatic ring is 1. The van der Waals surface area contributed by atoms with Crippen molar-refractivity contribution >= 4 is 17.0 Å². The van der Waals surface area contributed by atoms with Crippen LogP contribution in [0, 0.1) is 18.3 Å². The molecule has 0 aliphatic rings. The predicted molar refractivity (Wildman–Crippen MR) is 61.4 cm³/mol. The lowest BCUT2D eigenvalue weighted by atomic mass is 10.1. The third kappa shape index (κ3) is 1.69. The first-order valence-electron chi connectivity index (χ1n) is 4.43. The maximum absolute atomic E-state index is 8.85. The van der Waals surface area contributed by atoms with Crippen molar-refractivity contribution in [3.05, 3.63) is 34.2 Å². The van der Waals surface area contributed by atoms with E-state index >= 15 is 0 Å². The van der Waals surface area contributed by atoms with Crippen LogP contribution >= 0.6 is 11.3 Å². The topological polar surface area (TPSA) is 62.7 Å². The molecular formula is C11H9N3S. The Morgan fingerprint density at radius 2 is 2.27 bits per heavy atom. The van der Waals surface area contributed by atoms with Gasteiger partial charge in [-0.1, -0.05) is 12.1 Å². The Balaban J connectivity index is 2.59. The summed E-state index contributed by atoms with van der Waals surface area (Å²) in [4.78, 5) is 4.35. The fraction of sp³-hybridized carbons (Fsp3) is 0.0909. The van der Waals surface area contributed by atoms with Gasteiger partial charge in [-0.05, 0) is 13.0 Å². The van der Waals surface area contributed by atoms with Crippen LogP contribution in [0.15, 0.2) is 23.6 Å². The van der Waals surface area contributed by atoms with Crippen molar-refractivity contribution in [1.82, 2.24) is 4.98 Å². The second-order valence-electron chi connectivity index (χ2n) is 3.13. The molecule has 15 heavy (non-hydrogen) atoms. The number of aryl methyl sites for hydroxylation is 1. The van der Waals surface area contributed by atoms with Gasteiger partial charge in [0.1, 0.15) is 6.07 Å². The molecule has 0 fully saturated rings. The molecule has 2 N–H and O–H groups in total. The largest absolute Gasteiger partial charge is 0.397 e. The molecule has 0 amide bonds. The molecule has 1 aromatic carbocycles. The zero-order chi connectivity index (χ0) is 10.8. The molecule has 0 aliphatic heterocycles. The van der Waals surface area contributed by atoms with E-state index in [0.717, 1.165) is 16.3 Å². The van der Waals surface area contributed by atoms with Gasteiger partial charge in [0.05, 0.1) is 22.0 Å². The molecule has 1 aromatic heterocycles. The monoisotopic (exact) mass is 215 g/mol. The number of benzene rings is 1. The molecule has 0 atom stereocenters. The number of nitrogens with two attached hydrogens (primary N) is 1. The van der Waals surface area contributed by atoms with Crippen molar-refractivity contribution in [2.45, 2.75) is 6.92 Å². The lowest BCUT2D eigenvalue weighted by Gasteiger charge is -2.03. The number of hydrogen-bond donors (Lipinski definition) is 1. The summed E-state index contributed by atoms with van der Waals surface area (Å²) in [5, 5.41) is 11.8. The molecule has 3 nitrogen and oxygen atoms in total. The number of aromatic nitrogens is 1. The van der Waals surface area contributed by atoms with Crippen LogP contribution in [0.2, 0.25) is 0 Å². The van der Waals surface area contributed by atoms with Gasteiger partial charge in [0.25, 0.3) is 0 Å². The Labute approximate surface area is 91.8 Å². The number of nitriles is 1. The first-order chi connectivity index (χ1) is 7.22. The smallest absolute Gasteiger partial charge is 0.101 e. The van der Waals surface area contributed by atoms with Crippen molar-refractivity contribution < 1.29 is 0 Å². The molecule has 0 aliphatic carbocycles. The Hall–Kier alpha value is -1.86. The standard InChI is InChI=1S/C11H9N3S/c1-7-14-10(6-15-7)9-4-2-3-8(5-12)11(9)13/h2-4,6H,13H2,1H3. The lowest BCUT2D eigenvalue weighted by molar-refractivity contribution is 1.30. The van der Waals surface area contributed by atoms with E-state index in [-0.39, 0.29) is 0 Å². The molecule has 0 radical (unpaired) electrons. The minimum atomic E-state index is 0.498. The first kappa shape index (κ1) is 9.69. The summed E-state index contributed by atoms with van der Waals surface area (Å²) in [6.45, 7) is 1.94. The summed E-state index contributed by atoms with van der Waals surface area (Å²) in [5.41, 5.74) is 8.55. The van der Waals surface area contributed by atoms with Crippen LogP contribution < -0.4 is 5.73 Å². The highest BCUT2D eigenvalue weighted by molar-refractivity contribution is 7.09. The van der Waals surface area contributed by atoms with Gasteiger partial charge < -0.3 is 5.73 Å². The molecule has 2 aromatic rings. The van der Waals surface area contributed by atoms with Gasteiger partial charge in [-0.3, -0.25) is 0 Å². The second-order valence-corrected chi connectivity index (χ2v) is 4.19. The zero-order valence-corrected chi connectivity index (χ0v) is 9.01. The average Bonchev–Trinajstić information content (AvgIpc) is 2.65. The molecule has 0 bridgehead atoms. The van der Waals surface area contributed by atoms with Crippen molar-refractivity contribution in [2.75, 3.05) is 5.73 Å². The fourth-order valence-corrected chi connectivity index (χ4v) is 1.99. The van der Waals surface area contributed by atoms with Crippen LogP contribution in [0.25, 0.3) is 11.3 Å². The number of para-hydroxylation sites is 1. The number of rotatable bonds is 1. The fourth-order valence-electron chi connectivity index (χ4n) is 1.37. The van der Waals surface area contributed by atoms with Crippen molar-refractivity contribution in [2.24, 2.45) is 0 Å². The summed E-state index contributed by atoms with van der Waals surface area (Å²) >= 11 is 1.57. The maximum atomic E-state index is 8.85. The normalized spacial score (nSPS) is 9.87. The van der Waals surface area contributed by atoms with E-state index in [2.05, 4.69) is 11.1 Å². The van der Waals surface area contributed by atoms with Crippen LogP contribution in [-0.4, -0.2) is 4.98 Å². The summed E-state index contributed by atoms with van der Waals surface area (Å²) in [5.74, 6) is 0. The average molecular weight is 215 g/mol. The molecule has 0 unspecified atom stereocenters. The SMILES string of the molecule is Cc1nc(-c2cccc(C#N)c2N)cs1. The summed E-state index contributed by atoms with van der Waals surface area (Å²) in [7, 11) is 0. The van der Waals surface area contributed by atoms with E-state index in [9.17, 15) is 0 Å². The van der Waals surface area contributed by atoms with Crippen LogP contribution in [0.3, 0.4) is 0 Å². The molecule has 2 rings (SSSR count). The minimum absolute atomic E-state index is 0.498. The second kappa shape index (κ2) is 3.71. The molecule has 0 saturated carbocycles. The van der Waals surface area contributed by atoms with E-state index in [1.165, 1.54) is 0 Å². The molecule has 4 heteroatoms. The highest BCUT2D eigenvalue weighted by atomic mass is 32.1. The van der Waals surface area contributed by atoms with Gasteiger partial charge in [0.15, 0.2) is 0 Å². The van der Waals surface area contributed by atoms with E-state index in [1.807, 2.05) is 24.4 Å². The van der Waals surface area contributed by atoms with Gasteiger partial charge in [-0.2, -0.15) is 5.26 Å². The van der Waals surface area contributed by atoms with E-state index in [1.54, 1.807) is 17.4 Å². The van der Waals surface area contributed by atoms with Crippen molar-refractivity contribution in [1.29, 1.82) is 5.26 Å². The molecule has 1 heterocycles. The van der Waals surface area contributed by atoms with Gasteiger partial charge in [0.2, 0.25) is 0 Å². The van der Waals surface area contributed by atoms with Crippen molar-refractivity contribution in [3.8, 4) is 17.3 Å². The number of hydrogen-bond acceptors (Lipinski definition) is 4. The predicted octanol–water partition coefficient (Wildman–Crippen LogP) is 2.57. The highest BCUT2D eigenvalue weighted by Gasteiger charge is 2.08. The molecule has 74 valence electrons. The number of thiazole rings is 1.